The zero-order chi connectivity index (χ0) is 12.4. The van der Waals surface area contributed by atoms with Gasteiger partial charge in [0.25, 0.3) is 0 Å². The van der Waals surface area contributed by atoms with Crippen LogP contribution in [0.4, 0.5) is 0 Å². The minimum atomic E-state index is 0.0941. The first-order valence-electron chi connectivity index (χ1n) is 6.38. The Bertz CT molecular complexity index is 397. The summed E-state index contributed by atoms with van der Waals surface area (Å²) in [5.41, 5.74) is 2.40. The van der Waals surface area contributed by atoms with E-state index in [1.165, 1.54) is 11.3 Å². The molecule has 0 radical (unpaired) electrons. The monoisotopic (exact) mass is 235 g/mol. The second-order valence-electron chi connectivity index (χ2n) is 5.24. The van der Waals surface area contributed by atoms with Gasteiger partial charge in [-0.05, 0) is 25.3 Å². The van der Waals surface area contributed by atoms with Crippen LogP contribution in [-0.4, -0.2) is 34.1 Å². The molecule has 0 spiro atoms. The van der Waals surface area contributed by atoms with Crippen molar-refractivity contribution in [2.24, 2.45) is 5.92 Å². The van der Waals surface area contributed by atoms with E-state index in [9.17, 15) is 4.79 Å². The van der Waals surface area contributed by atoms with Crippen LogP contribution in [0.1, 0.15) is 43.9 Å². The van der Waals surface area contributed by atoms with E-state index in [-0.39, 0.29) is 11.8 Å². The topological polar surface area (TPSA) is 49.0 Å². The summed E-state index contributed by atoms with van der Waals surface area (Å²) < 4.78 is 0. The molecule has 4 nitrogen and oxygen atoms in total. The summed E-state index contributed by atoms with van der Waals surface area (Å²) in [7, 11) is 0. The molecule has 0 bridgehead atoms. The number of aryl methyl sites for hydroxylation is 1. The minimum absolute atomic E-state index is 0.0941. The Kier molecular flexibility index (Phi) is 3.50. The fraction of sp³-hybridized carbons (Fsp3) is 0.692. The van der Waals surface area contributed by atoms with Crippen molar-refractivity contribution in [3.05, 3.63) is 17.5 Å². The lowest BCUT2D eigenvalue weighted by Crippen LogP contribution is -2.41. The van der Waals surface area contributed by atoms with Gasteiger partial charge in [-0.2, -0.15) is 5.10 Å². The average Bonchev–Trinajstić information content (AvgIpc) is 2.74. The number of carbonyl (C=O) groups excluding carboxylic acids is 1. The maximum Gasteiger partial charge on any atom is 0.225 e. The molecular weight excluding hydrogens is 214 g/mol. The van der Waals surface area contributed by atoms with Crippen LogP contribution in [0.3, 0.4) is 0 Å². The number of nitrogens with one attached hydrogen (secondary N) is 1. The molecule has 0 aliphatic carbocycles. The smallest absolute Gasteiger partial charge is 0.225 e. The molecule has 2 heterocycles. The van der Waals surface area contributed by atoms with Crippen molar-refractivity contribution >= 4 is 5.91 Å². The van der Waals surface area contributed by atoms with Crippen LogP contribution < -0.4 is 0 Å². The van der Waals surface area contributed by atoms with Gasteiger partial charge in [0.05, 0.1) is 6.20 Å². The average molecular weight is 235 g/mol. The third-order valence-corrected chi connectivity index (χ3v) is 3.50. The molecule has 1 N–H and O–H groups in total. The highest BCUT2D eigenvalue weighted by Gasteiger charge is 2.27. The standard InChI is InChI=1S/C13H21N3O/c1-9(2)13(17)16-6-4-5-11(8-16)12-10(3)7-14-15-12/h7,9,11H,4-6,8H2,1-3H3,(H,14,15)/t11-/m1/s1. The highest BCUT2D eigenvalue weighted by Crippen LogP contribution is 2.27. The molecule has 0 aromatic carbocycles. The van der Waals surface area contributed by atoms with Crippen LogP contribution in [0.2, 0.25) is 0 Å². The number of amides is 1. The zero-order valence-corrected chi connectivity index (χ0v) is 10.9. The van der Waals surface area contributed by atoms with Gasteiger partial charge in [-0.15, -0.1) is 0 Å². The summed E-state index contributed by atoms with van der Waals surface area (Å²) in [6.45, 7) is 7.74. The van der Waals surface area contributed by atoms with Crippen LogP contribution in [0.15, 0.2) is 6.20 Å². The van der Waals surface area contributed by atoms with Crippen molar-refractivity contribution in [2.45, 2.75) is 39.5 Å². The molecule has 17 heavy (non-hydrogen) atoms. The Morgan fingerprint density at radius 3 is 2.94 bits per heavy atom. The van der Waals surface area contributed by atoms with Crippen LogP contribution in [0, 0.1) is 12.8 Å². The number of rotatable bonds is 2. The largest absolute Gasteiger partial charge is 0.342 e. The van der Waals surface area contributed by atoms with Crippen LogP contribution in [-0.2, 0) is 4.79 Å². The van der Waals surface area contributed by atoms with E-state index in [1.807, 2.05) is 24.9 Å². The Balaban J connectivity index is 2.08. The third kappa shape index (κ3) is 2.51. The van der Waals surface area contributed by atoms with Crippen LogP contribution >= 0.6 is 0 Å². The fourth-order valence-electron chi connectivity index (χ4n) is 2.55. The SMILES string of the molecule is Cc1cn[nH]c1[C@@H]1CCCN(C(=O)C(C)C)C1. The molecule has 2 rings (SSSR count). The molecular formula is C13H21N3O. The van der Waals surface area contributed by atoms with Crippen LogP contribution in [0.25, 0.3) is 0 Å². The Hall–Kier alpha value is -1.32. The van der Waals surface area contributed by atoms with Crippen molar-refractivity contribution in [1.82, 2.24) is 15.1 Å². The maximum atomic E-state index is 12.0. The predicted octanol–water partition coefficient (Wildman–Crippen LogP) is 2.08. The van der Waals surface area contributed by atoms with E-state index in [0.717, 1.165) is 25.9 Å². The van der Waals surface area contributed by atoms with Crippen molar-refractivity contribution in [2.75, 3.05) is 13.1 Å². The fourth-order valence-corrected chi connectivity index (χ4v) is 2.55. The Labute approximate surface area is 102 Å². The van der Waals surface area contributed by atoms with Crippen molar-refractivity contribution in [3.63, 3.8) is 0 Å². The van der Waals surface area contributed by atoms with E-state index < -0.39 is 0 Å². The lowest BCUT2D eigenvalue weighted by atomic mass is 9.92. The number of nitrogens with zero attached hydrogens (tertiary/aromatic N) is 2. The Morgan fingerprint density at radius 1 is 1.59 bits per heavy atom. The first kappa shape index (κ1) is 12.1. The number of carbonyl (C=O) groups is 1. The van der Waals surface area contributed by atoms with E-state index in [2.05, 4.69) is 17.1 Å². The van der Waals surface area contributed by atoms with Crippen molar-refractivity contribution in [3.8, 4) is 0 Å². The number of hydrogen-bond acceptors (Lipinski definition) is 2. The highest BCUT2D eigenvalue weighted by molar-refractivity contribution is 5.78. The van der Waals surface area contributed by atoms with E-state index in [0.29, 0.717) is 5.92 Å². The summed E-state index contributed by atoms with van der Waals surface area (Å²) >= 11 is 0. The summed E-state index contributed by atoms with van der Waals surface area (Å²) in [5.74, 6) is 0.789. The summed E-state index contributed by atoms with van der Waals surface area (Å²) in [6.07, 6.45) is 4.09. The molecule has 0 saturated carbocycles. The van der Waals surface area contributed by atoms with Crippen molar-refractivity contribution in [1.29, 1.82) is 0 Å². The van der Waals surface area contributed by atoms with Gasteiger partial charge in [-0.1, -0.05) is 13.8 Å². The molecule has 1 aromatic heterocycles. The van der Waals surface area contributed by atoms with E-state index in [1.54, 1.807) is 0 Å². The van der Waals surface area contributed by atoms with Crippen molar-refractivity contribution < 1.29 is 4.79 Å². The summed E-state index contributed by atoms with van der Waals surface area (Å²) in [4.78, 5) is 14.0. The second kappa shape index (κ2) is 4.90. The molecule has 1 aliphatic rings. The number of hydrogen-bond donors (Lipinski definition) is 1. The molecule has 1 aromatic rings. The zero-order valence-electron chi connectivity index (χ0n) is 10.9. The number of H-pyrrole nitrogens is 1. The normalized spacial score (nSPS) is 20.9. The summed E-state index contributed by atoms with van der Waals surface area (Å²) in [5, 5.41) is 7.15. The third-order valence-electron chi connectivity index (χ3n) is 3.50. The lowest BCUT2D eigenvalue weighted by molar-refractivity contribution is -0.135. The molecule has 94 valence electrons. The number of piperidine rings is 1. The van der Waals surface area contributed by atoms with E-state index >= 15 is 0 Å². The van der Waals surface area contributed by atoms with E-state index in [4.69, 9.17) is 0 Å². The molecule has 1 fully saturated rings. The quantitative estimate of drug-likeness (QED) is 0.853. The summed E-state index contributed by atoms with van der Waals surface area (Å²) in [6, 6.07) is 0. The Morgan fingerprint density at radius 2 is 2.35 bits per heavy atom. The second-order valence-corrected chi connectivity index (χ2v) is 5.24. The first-order valence-corrected chi connectivity index (χ1v) is 6.38. The predicted molar refractivity (Wildman–Crippen MR) is 66.7 cm³/mol. The highest BCUT2D eigenvalue weighted by atomic mass is 16.2. The van der Waals surface area contributed by atoms with Gasteiger partial charge in [-0.3, -0.25) is 9.89 Å². The first-order chi connectivity index (χ1) is 8.09. The molecule has 0 unspecified atom stereocenters. The molecule has 1 aliphatic heterocycles. The molecule has 1 atom stereocenters. The number of aromatic amines is 1. The number of aromatic nitrogens is 2. The van der Waals surface area contributed by atoms with Gasteiger partial charge < -0.3 is 4.90 Å². The van der Waals surface area contributed by atoms with Crippen LogP contribution in [0.5, 0.6) is 0 Å². The minimum Gasteiger partial charge on any atom is -0.342 e. The lowest BCUT2D eigenvalue weighted by Gasteiger charge is -2.33. The van der Waals surface area contributed by atoms with Gasteiger partial charge >= 0.3 is 0 Å². The van der Waals surface area contributed by atoms with Gasteiger partial charge in [-0.25, -0.2) is 0 Å². The molecule has 1 amide bonds. The molecule has 1 saturated heterocycles. The maximum absolute atomic E-state index is 12.0. The van der Waals surface area contributed by atoms with Gasteiger partial charge in [0.15, 0.2) is 0 Å². The number of likely N-dealkylation sites (tertiary alicyclic amines) is 1. The van der Waals surface area contributed by atoms with Gasteiger partial charge in [0.1, 0.15) is 0 Å². The van der Waals surface area contributed by atoms with Gasteiger partial charge in [0, 0.05) is 30.6 Å². The molecule has 4 heteroatoms. The van der Waals surface area contributed by atoms with Gasteiger partial charge in [0.2, 0.25) is 5.91 Å².